The van der Waals surface area contributed by atoms with Crippen molar-refractivity contribution in [3.63, 3.8) is 0 Å². The van der Waals surface area contributed by atoms with Gasteiger partial charge in [0.15, 0.2) is 0 Å². The highest BCUT2D eigenvalue weighted by Gasteiger charge is 2.36. The summed E-state index contributed by atoms with van der Waals surface area (Å²) >= 11 is 0. The molecule has 0 bridgehead atoms. The summed E-state index contributed by atoms with van der Waals surface area (Å²) in [4.78, 5) is 15.7. The molecule has 8 heteroatoms. The van der Waals surface area contributed by atoms with Crippen molar-refractivity contribution in [2.24, 2.45) is 0 Å². The first-order valence-corrected chi connectivity index (χ1v) is 12.9. The van der Waals surface area contributed by atoms with Crippen LogP contribution in [0.2, 0.25) is 0 Å². The van der Waals surface area contributed by atoms with Crippen LogP contribution in [0.15, 0.2) is 97.2 Å². The van der Waals surface area contributed by atoms with E-state index in [0.29, 0.717) is 6.42 Å². The number of halogens is 1. The largest absolute Gasteiger partial charge is 0.497 e. The van der Waals surface area contributed by atoms with E-state index in [9.17, 15) is 9.18 Å². The number of methoxy groups -OCH3 is 1. The number of carbonyl (C=O) groups excluding carboxylic acids is 1. The zero-order valence-electron chi connectivity index (χ0n) is 21.7. The molecular weight excluding hydrogens is 493 g/mol. The van der Waals surface area contributed by atoms with E-state index in [-0.39, 0.29) is 12.2 Å². The molecule has 5 aromatic rings. The van der Waals surface area contributed by atoms with Crippen LogP contribution in [0, 0.1) is 5.82 Å². The Bertz CT molecular complexity index is 1620. The number of hydrogen-bond acceptors (Lipinski definition) is 3. The molecule has 3 aromatic carbocycles. The number of amides is 2. The second-order valence-electron chi connectivity index (χ2n) is 9.37. The molecule has 0 spiro atoms. The van der Waals surface area contributed by atoms with Crippen LogP contribution in [0.5, 0.6) is 5.75 Å². The van der Waals surface area contributed by atoms with E-state index in [1.807, 2.05) is 77.6 Å². The lowest BCUT2D eigenvalue weighted by atomic mass is 10.0. The van der Waals surface area contributed by atoms with Crippen molar-refractivity contribution in [1.29, 1.82) is 0 Å². The summed E-state index contributed by atoms with van der Waals surface area (Å²) in [5.74, 6) is 1.12. The fourth-order valence-electron chi connectivity index (χ4n) is 5.23. The first-order valence-electron chi connectivity index (χ1n) is 12.9. The smallest absolute Gasteiger partial charge is 0.323 e. The fourth-order valence-corrected chi connectivity index (χ4v) is 5.23. The number of para-hydroxylation sites is 2. The van der Waals surface area contributed by atoms with E-state index in [2.05, 4.69) is 16.8 Å². The van der Waals surface area contributed by atoms with E-state index >= 15 is 0 Å². The summed E-state index contributed by atoms with van der Waals surface area (Å²) in [5.41, 5.74) is 4.69. The van der Waals surface area contributed by atoms with Gasteiger partial charge in [-0.05, 0) is 60.5 Å². The molecule has 1 aliphatic heterocycles. The van der Waals surface area contributed by atoms with Gasteiger partial charge in [0.05, 0.1) is 42.5 Å². The van der Waals surface area contributed by atoms with Gasteiger partial charge < -0.3 is 19.5 Å². The second kappa shape index (κ2) is 10.1. The minimum atomic E-state index is -0.489. The van der Waals surface area contributed by atoms with Crippen LogP contribution in [0.25, 0.3) is 11.5 Å². The van der Waals surface area contributed by atoms with Crippen LogP contribution in [-0.4, -0.2) is 32.4 Å². The van der Waals surface area contributed by atoms with Crippen LogP contribution in [0.3, 0.4) is 0 Å². The molecule has 1 aliphatic rings. The summed E-state index contributed by atoms with van der Waals surface area (Å²) in [7, 11) is 1.62. The van der Waals surface area contributed by atoms with Crippen molar-refractivity contribution in [2.45, 2.75) is 25.9 Å². The lowest BCUT2D eigenvalue weighted by Gasteiger charge is -2.31. The summed E-state index contributed by atoms with van der Waals surface area (Å²) in [6.07, 6.45) is 2.69. The maximum absolute atomic E-state index is 14.6. The highest BCUT2D eigenvalue weighted by Crippen LogP contribution is 2.39. The predicted molar refractivity (Wildman–Crippen MR) is 148 cm³/mol. The average Bonchev–Trinajstić information content (AvgIpc) is 3.56. The number of carbonyl (C=O) groups is 1. The Kier molecular flexibility index (Phi) is 6.36. The van der Waals surface area contributed by atoms with Gasteiger partial charge in [0.1, 0.15) is 17.4 Å². The molecule has 196 valence electrons. The Labute approximate surface area is 226 Å². The van der Waals surface area contributed by atoms with Gasteiger partial charge in [-0.1, -0.05) is 49.4 Å². The average molecular weight is 522 g/mol. The molecule has 2 aromatic heterocycles. The molecule has 39 heavy (non-hydrogen) atoms. The van der Waals surface area contributed by atoms with Crippen LogP contribution in [-0.2, 0) is 13.0 Å². The number of aromatic nitrogens is 3. The normalized spacial score (nSPS) is 14.3. The molecule has 1 N–H and O–H groups in total. The first kappa shape index (κ1) is 24.5. The van der Waals surface area contributed by atoms with Crippen molar-refractivity contribution in [2.75, 3.05) is 12.4 Å². The number of nitrogens with one attached hydrogen (secondary N) is 1. The molecule has 1 atom stereocenters. The number of rotatable bonds is 5. The highest BCUT2D eigenvalue weighted by molar-refractivity contribution is 5.90. The predicted octanol–water partition coefficient (Wildman–Crippen LogP) is 6.51. The first-order chi connectivity index (χ1) is 19.1. The second-order valence-corrected chi connectivity index (χ2v) is 9.37. The van der Waals surface area contributed by atoms with Gasteiger partial charge in [0.2, 0.25) is 0 Å². The number of nitrogens with zero attached hydrogens (tertiary/aromatic N) is 4. The molecule has 7 nitrogen and oxygen atoms in total. The standard InChI is InChI=1S/C31H28FN5O2/c1-3-26-24-20-36(31(38)33-27-13-8-7-12-25(27)32)29(21-15-17-23(39-2)18-16-21)28-14-9-19-35(28)30(24)37(34-26)22-10-5-4-6-11-22/h4-19,29H,3,20H2,1-2H3,(H,33,38). The SMILES string of the molecule is CCc1nn(-c2ccccc2)c2c1CN(C(=O)Nc1ccccc1F)C(c1ccc(OC)cc1)c1cccn1-2. The third-order valence-corrected chi connectivity index (χ3v) is 7.11. The fraction of sp³-hybridized carbons (Fsp3) is 0.161. The summed E-state index contributed by atoms with van der Waals surface area (Å²) in [5, 5.41) is 7.78. The van der Waals surface area contributed by atoms with Crippen LogP contribution >= 0.6 is 0 Å². The molecule has 0 aliphatic carbocycles. The molecule has 0 saturated heterocycles. The molecule has 6 rings (SSSR count). The topological polar surface area (TPSA) is 64.3 Å². The molecule has 2 amide bonds. The van der Waals surface area contributed by atoms with Crippen molar-refractivity contribution >= 4 is 11.7 Å². The molecular formula is C31H28FN5O2. The van der Waals surface area contributed by atoms with E-state index in [0.717, 1.165) is 39.8 Å². The minimum absolute atomic E-state index is 0.131. The number of urea groups is 1. The molecule has 0 radical (unpaired) electrons. The zero-order chi connectivity index (χ0) is 26.9. The number of fused-ring (bicyclic) bond motifs is 3. The van der Waals surface area contributed by atoms with Gasteiger partial charge >= 0.3 is 6.03 Å². The van der Waals surface area contributed by atoms with Gasteiger partial charge in [-0.25, -0.2) is 13.9 Å². The lowest BCUT2D eigenvalue weighted by Crippen LogP contribution is -2.38. The maximum Gasteiger partial charge on any atom is 0.323 e. The van der Waals surface area contributed by atoms with E-state index < -0.39 is 17.9 Å². The minimum Gasteiger partial charge on any atom is -0.497 e. The van der Waals surface area contributed by atoms with Gasteiger partial charge in [0, 0.05) is 11.8 Å². The summed E-state index contributed by atoms with van der Waals surface area (Å²) in [6.45, 7) is 2.34. The number of hydrogen-bond donors (Lipinski definition) is 1. The zero-order valence-corrected chi connectivity index (χ0v) is 21.7. The maximum atomic E-state index is 14.6. The van der Waals surface area contributed by atoms with E-state index in [1.54, 1.807) is 30.2 Å². The van der Waals surface area contributed by atoms with Gasteiger partial charge in [0.25, 0.3) is 0 Å². The number of anilines is 1. The molecule has 0 fully saturated rings. The number of benzene rings is 3. The summed E-state index contributed by atoms with van der Waals surface area (Å²) < 4.78 is 24.0. The number of aryl methyl sites for hydroxylation is 1. The molecule has 1 unspecified atom stereocenters. The Morgan fingerprint density at radius 3 is 2.46 bits per heavy atom. The van der Waals surface area contributed by atoms with Gasteiger partial charge in [-0.3, -0.25) is 0 Å². The Morgan fingerprint density at radius 2 is 1.74 bits per heavy atom. The Hall–Kier alpha value is -4.85. The van der Waals surface area contributed by atoms with Crippen LogP contribution in [0.1, 0.15) is 35.5 Å². The third-order valence-electron chi connectivity index (χ3n) is 7.11. The third kappa shape index (κ3) is 4.33. The highest BCUT2D eigenvalue weighted by atomic mass is 19.1. The van der Waals surface area contributed by atoms with Crippen molar-refractivity contribution in [3.8, 4) is 17.3 Å². The van der Waals surface area contributed by atoms with E-state index in [4.69, 9.17) is 9.84 Å². The Morgan fingerprint density at radius 1 is 1.00 bits per heavy atom. The van der Waals surface area contributed by atoms with Crippen LogP contribution < -0.4 is 10.1 Å². The van der Waals surface area contributed by atoms with Crippen LogP contribution in [0.4, 0.5) is 14.9 Å². The van der Waals surface area contributed by atoms with Gasteiger partial charge in [-0.2, -0.15) is 5.10 Å². The Balaban J connectivity index is 1.55. The van der Waals surface area contributed by atoms with Gasteiger partial charge in [-0.15, -0.1) is 0 Å². The molecule has 3 heterocycles. The quantitative estimate of drug-likeness (QED) is 0.287. The van der Waals surface area contributed by atoms with Crippen molar-refractivity contribution in [1.82, 2.24) is 19.2 Å². The monoisotopic (exact) mass is 521 g/mol. The summed E-state index contributed by atoms with van der Waals surface area (Å²) in [6, 6.07) is 27.0. The molecule has 0 saturated carbocycles. The number of ether oxygens (including phenoxy) is 1. The van der Waals surface area contributed by atoms with E-state index in [1.165, 1.54) is 6.07 Å². The van der Waals surface area contributed by atoms with Crippen molar-refractivity contribution < 1.29 is 13.9 Å². The van der Waals surface area contributed by atoms with Crippen molar-refractivity contribution in [3.05, 3.63) is 126 Å². The lowest BCUT2D eigenvalue weighted by molar-refractivity contribution is 0.194.